The monoisotopic (exact) mass is 331 g/mol. The lowest BCUT2D eigenvalue weighted by Gasteiger charge is -2.13. The van der Waals surface area contributed by atoms with E-state index in [1.807, 2.05) is 0 Å². The summed E-state index contributed by atoms with van der Waals surface area (Å²) in [5, 5.41) is 6.53. The van der Waals surface area contributed by atoms with Crippen LogP contribution in [0.2, 0.25) is 0 Å². The fourth-order valence-electron chi connectivity index (χ4n) is 1.70. The molecule has 118 valence electrons. The first-order valence-corrected chi connectivity index (χ1v) is 7.24. The summed E-state index contributed by atoms with van der Waals surface area (Å²) >= 11 is 1.24. The van der Waals surface area contributed by atoms with Crippen LogP contribution in [-0.2, 0) is 17.5 Å². The van der Waals surface area contributed by atoms with Crippen molar-refractivity contribution in [1.82, 2.24) is 14.8 Å². The van der Waals surface area contributed by atoms with Crippen LogP contribution in [0.1, 0.15) is 5.56 Å². The summed E-state index contributed by atoms with van der Waals surface area (Å²) in [6, 6.07) is 4.73. The van der Waals surface area contributed by atoms with Gasteiger partial charge in [-0.3, -0.25) is 4.79 Å². The lowest BCUT2D eigenvalue weighted by atomic mass is 10.1. The Balaban J connectivity index is 2.14. The van der Waals surface area contributed by atoms with Gasteiger partial charge in [-0.25, -0.2) is 4.68 Å². The highest BCUT2D eigenvalue weighted by atomic mass is 32.2. The summed E-state index contributed by atoms with van der Waals surface area (Å²) in [6.07, 6.45) is -2.82. The lowest BCUT2D eigenvalue weighted by Crippen LogP contribution is -2.22. The van der Waals surface area contributed by atoms with Crippen LogP contribution in [0.4, 0.5) is 24.8 Å². The third-order valence-corrected chi connectivity index (χ3v) is 3.20. The van der Waals surface area contributed by atoms with Gasteiger partial charge >= 0.3 is 6.18 Å². The number of benzene rings is 1. The Morgan fingerprint density at radius 1 is 1.41 bits per heavy atom. The molecule has 2 rings (SSSR count). The van der Waals surface area contributed by atoms with E-state index in [1.54, 1.807) is 6.26 Å². The molecule has 0 atom stereocenters. The molecule has 1 aromatic carbocycles. The van der Waals surface area contributed by atoms with Crippen LogP contribution >= 0.6 is 11.8 Å². The van der Waals surface area contributed by atoms with Crippen LogP contribution in [-0.4, -0.2) is 26.9 Å². The van der Waals surface area contributed by atoms with E-state index in [1.165, 1.54) is 30.0 Å². The van der Waals surface area contributed by atoms with Crippen LogP contribution in [0.3, 0.4) is 0 Å². The van der Waals surface area contributed by atoms with Gasteiger partial charge in [0, 0.05) is 0 Å². The number of thioether (sulfide) groups is 1. The highest BCUT2D eigenvalue weighted by Gasteiger charge is 2.33. The third kappa shape index (κ3) is 3.70. The molecule has 1 aromatic heterocycles. The van der Waals surface area contributed by atoms with E-state index >= 15 is 0 Å². The summed E-state index contributed by atoms with van der Waals surface area (Å²) < 4.78 is 39.6. The molecule has 10 heteroatoms. The maximum atomic E-state index is 12.8. The van der Waals surface area contributed by atoms with Crippen molar-refractivity contribution in [2.24, 2.45) is 0 Å². The number of aromatic nitrogens is 3. The average molecular weight is 331 g/mol. The quantitative estimate of drug-likeness (QED) is 0.839. The zero-order valence-corrected chi connectivity index (χ0v) is 12.2. The second-order valence-electron chi connectivity index (χ2n) is 4.21. The van der Waals surface area contributed by atoms with E-state index in [9.17, 15) is 18.0 Å². The van der Waals surface area contributed by atoms with Gasteiger partial charge in [0.15, 0.2) is 0 Å². The molecule has 0 saturated carbocycles. The van der Waals surface area contributed by atoms with Gasteiger partial charge in [-0.05, 0) is 18.4 Å². The third-order valence-electron chi connectivity index (χ3n) is 2.66. The standard InChI is InChI=1S/C12H12F3N5OS/c1-22-11-18-10(16)20(19-11)6-9(21)17-8-5-3-2-4-7(8)12(13,14)15/h2-5H,6H2,1H3,(H,17,21)(H2,16,18,19). The molecule has 0 aliphatic carbocycles. The maximum absolute atomic E-state index is 12.8. The van der Waals surface area contributed by atoms with Crippen molar-refractivity contribution < 1.29 is 18.0 Å². The van der Waals surface area contributed by atoms with Crippen LogP contribution in [0.5, 0.6) is 0 Å². The molecule has 2 aromatic rings. The van der Waals surface area contributed by atoms with E-state index < -0.39 is 17.6 Å². The largest absolute Gasteiger partial charge is 0.418 e. The van der Waals surface area contributed by atoms with Gasteiger partial charge in [0.2, 0.25) is 17.0 Å². The zero-order valence-electron chi connectivity index (χ0n) is 11.4. The molecule has 0 unspecified atom stereocenters. The summed E-state index contributed by atoms with van der Waals surface area (Å²) in [6.45, 7) is -0.328. The van der Waals surface area contributed by atoms with Crippen molar-refractivity contribution >= 4 is 29.3 Å². The Morgan fingerprint density at radius 2 is 2.09 bits per heavy atom. The number of halogens is 3. The fraction of sp³-hybridized carbons (Fsp3) is 0.250. The Bertz CT molecular complexity index is 686. The van der Waals surface area contributed by atoms with Crippen molar-refractivity contribution in [3.63, 3.8) is 0 Å². The first kappa shape index (κ1) is 16.1. The summed E-state index contributed by atoms with van der Waals surface area (Å²) in [7, 11) is 0. The van der Waals surface area contributed by atoms with Crippen LogP contribution in [0.25, 0.3) is 0 Å². The second-order valence-corrected chi connectivity index (χ2v) is 4.98. The number of alkyl halides is 3. The molecule has 0 spiro atoms. The number of nitrogens with one attached hydrogen (secondary N) is 1. The molecule has 1 amide bonds. The van der Waals surface area contributed by atoms with Gasteiger partial charge in [0.25, 0.3) is 0 Å². The van der Waals surface area contributed by atoms with Crippen molar-refractivity contribution in [3.05, 3.63) is 29.8 Å². The minimum Gasteiger partial charge on any atom is -0.368 e. The van der Waals surface area contributed by atoms with E-state index in [2.05, 4.69) is 15.4 Å². The Labute approximate surface area is 127 Å². The van der Waals surface area contributed by atoms with Crippen LogP contribution in [0.15, 0.2) is 29.4 Å². The molecular formula is C12H12F3N5OS. The van der Waals surface area contributed by atoms with Crippen molar-refractivity contribution in [2.45, 2.75) is 17.9 Å². The molecule has 0 saturated heterocycles. The summed E-state index contributed by atoms with van der Waals surface area (Å²) in [5.41, 5.74) is 4.34. The molecule has 0 radical (unpaired) electrons. The Kier molecular flexibility index (Phi) is 4.59. The van der Waals surface area contributed by atoms with E-state index in [0.29, 0.717) is 5.16 Å². The number of amides is 1. The maximum Gasteiger partial charge on any atom is 0.418 e. The summed E-state index contributed by atoms with van der Waals surface area (Å²) in [5.74, 6) is -0.662. The molecular weight excluding hydrogens is 319 g/mol. The number of carbonyl (C=O) groups is 1. The predicted molar refractivity (Wildman–Crippen MR) is 76.3 cm³/mol. The van der Waals surface area contributed by atoms with Gasteiger partial charge in [0.1, 0.15) is 6.54 Å². The Morgan fingerprint density at radius 3 is 2.68 bits per heavy atom. The average Bonchev–Trinajstić information content (AvgIpc) is 2.78. The van der Waals surface area contributed by atoms with Crippen LogP contribution < -0.4 is 11.1 Å². The number of nitrogens with two attached hydrogens (primary N) is 1. The van der Waals surface area contributed by atoms with E-state index in [-0.39, 0.29) is 18.2 Å². The zero-order chi connectivity index (χ0) is 16.3. The number of nitrogens with zero attached hydrogens (tertiary/aromatic N) is 3. The first-order valence-electron chi connectivity index (χ1n) is 6.01. The molecule has 0 bridgehead atoms. The Hall–Kier alpha value is -2.23. The minimum atomic E-state index is -4.55. The number of carbonyl (C=O) groups excluding carboxylic acids is 1. The molecule has 6 nitrogen and oxygen atoms in total. The predicted octanol–water partition coefficient (Wildman–Crippen LogP) is 2.24. The fourth-order valence-corrected chi connectivity index (χ4v) is 2.07. The van der Waals surface area contributed by atoms with Gasteiger partial charge in [-0.15, -0.1) is 5.10 Å². The number of anilines is 2. The number of para-hydroxylation sites is 1. The van der Waals surface area contributed by atoms with Gasteiger partial charge in [-0.2, -0.15) is 18.2 Å². The van der Waals surface area contributed by atoms with Crippen molar-refractivity contribution in [3.8, 4) is 0 Å². The van der Waals surface area contributed by atoms with Crippen molar-refractivity contribution in [2.75, 3.05) is 17.3 Å². The van der Waals surface area contributed by atoms with Crippen molar-refractivity contribution in [1.29, 1.82) is 0 Å². The van der Waals surface area contributed by atoms with Crippen LogP contribution in [0, 0.1) is 0 Å². The van der Waals surface area contributed by atoms with Gasteiger partial charge < -0.3 is 11.1 Å². The molecule has 1 heterocycles. The number of hydrogen-bond acceptors (Lipinski definition) is 5. The molecule has 0 aliphatic rings. The number of rotatable bonds is 4. The highest BCUT2D eigenvalue weighted by molar-refractivity contribution is 7.98. The topological polar surface area (TPSA) is 85.8 Å². The second kappa shape index (κ2) is 6.26. The molecule has 0 fully saturated rings. The van der Waals surface area contributed by atoms with E-state index in [4.69, 9.17) is 5.73 Å². The minimum absolute atomic E-state index is 0.0172. The van der Waals surface area contributed by atoms with E-state index in [0.717, 1.165) is 10.7 Å². The molecule has 0 aliphatic heterocycles. The SMILES string of the molecule is CSc1nc(N)n(CC(=O)Nc2ccccc2C(F)(F)F)n1. The smallest absolute Gasteiger partial charge is 0.368 e. The highest BCUT2D eigenvalue weighted by Crippen LogP contribution is 2.34. The normalized spacial score (nSPS) is 11.5. The number of nitrogen functional groups attached to an aromatic ring is 1. The lowest BCUT2D eigenvalue weighted by molar-refractivity contribution is -0.137. The molecule has 3 N–H and O–H groups in total. The van der Waals surface area contributed by atoms with Gasteiger partial charge in [-0.1, -0.05) is 23.9 Å². The first-order chi connectivity index (χ1) is 10.3. The molecule has 22 heavy (non-hydrogen) atoms. The summed E-state index contributed by atoms with van der Waals surface area (Å²) in [4.78, 5) is 15.8. The van der Waals surface area contributed by atoms with Gasteiger partial charge in [0.05, 0.1) is 11.3 Å². The number of hydrogen-bond donors (Lipinski definition) is 2.